The summed E-state index contributed by atoms with van der Waals surface area (Å²) in [5.74, 6) is -3.12. The monoisotopic (exact) mass is 475 g/mol. The number of amides is 2. The van der Waals surface area contributed by atoms with Crippen LogP contribution in [0.3, 0.4) is 0 Å². The molecule has 2 aromatic rings. The van der Waals surface area contributed by atoms with Gasteiger partial charge in [-0.25, -0.2) is 12.8 Å². The summed E-state index contributed by atoms with van der Waals surface area (Å²) in [5.41, 5.74) is 0.203. The Bertz CT molecular complexity index is 1200. The van der Waals surface area contributed by atoms with Crippen molar-refractivity contribution in [1.29, 1.82) is 0 Å². The third-order valence-corrected chi connectivity index (χ3v) is 7.66. The lowest BCUT2D eigenvalue weighted by molar-refractivity contribution is -0.149. The van der Waals surface area contributed by atoms with Crippen LogP contribution in [0.5, 0.6) is 0 Å². The maximum atomic E-state index is 14.1. The lowest BCUT2D eigenvalue weighted by atomic mass is 10.0. The smallest absolute Gasteiger partial charge is 0.310 e. The normalized spacial score (nSPS) is 19.0. The highest BCUT2D eigenvalue weighted by molar-refractivity contribution is 7.89. The number of sulfonamides is 1. The number of ether oxygens (including phenoxy) is 1. The first-order valence-corrected chi connectivity index (χ1v) is 11.9. The Kier molecular flexibility index (Phi) is 6.26. The predicted octanol–water partition coefficient (Wildman–Crippen LogP) is 1.98. The summed E-state index contributed by atoms with van der Waals surface area (Å²) >= 11 is 0. The highest BCUT2D eigenvalue weighted by Crippen LogP contribution is 2.30. The van der Waals surface area contributed by atoms with Crippen molar-refractivity contribution in [3.63, 3.8) is 0 Å². The molecule has 33 heavy (non-hydrogen) atoms. The van der Waals surface area contributed by atoms with E-state index in [0.29, 0.717) is 12.8 Å². The lowest BCUT2D eigenvalue weighted by Crippen LogP contribution is -2.43. The number of carbonyl (C=O) groups is 3. The molecule has 11 heteroatoms. The van der Waals surface area contributed by atoms with Gasteiger partial charge in [0.2, 0.25) is 10.0 Å². The first-order chi connectivity index (χ1) is 15.7. The van der Waals surface area contributed by atoms with E-state index in [4.69, 9.17) is 4.74 Å². The summed E-state index contributed by atoms with van der Waals surface area (Å²) in [5, 5.41) is 0. The maximum Gasteiger partial charge on any atom is 0.310 e. The quantitative estimate of drug-likeness (QED) is 0.464. The molecule has 9 nitrogen and oxygen atoms in total. The second-order valence-corrected chi connectivity index (χ2v) is 9.71. The summed E-state index contributed by atoms with van der Waals surface area (Å²) in [6.45, 7) is 1.56. The summed E-state index contributed by atoms with van der Waals surface area (Å²) in [6, 6.07) is 6.18. The molecule has 0 radical (unpaired) electrons. The molecule has 1 aromatic carbocycles. The number of pyridine rings is 1. The summed E-state index contributed by atoms with van der Waals surface area (Å²) in [4.78, 5) is 42.0. The van der Waals surface area contributed by atoms with E-state index in [0.717, 1.165) is 21.3 Å². The van der Waals surface area contributed by atoms with Crippen LogP contribution in [0.1, 0.15) is 46.2 Å². The number of hydrogen-bond donors (Lipinski definition) is 0. The van der Waals surface area contributed by atoms with Crippen molar-refractivity contribution in [3.05, 3.63) is 59.2 Å². The zero-order chi connectivity index (χ0) is 23.8. The van der Waals surface area contributed by atoms with Gasteiger partial charge in [0.25, 0.3) is 11.8 Å². The van der Waals surface area contributed by atoms with Crippen LogP contribution in [-0.4, -0.2) is 60.1 Å². The fourth-order valence-corrected chi connectivity index (χ4v) is 5.83. The molecule has 0 aliphatic carbocycles. The van der Waals surface area contributed by atoms with Crippen LogP contribution >= 0.6 is 0 Å². The number of aromatic nitrogens is 1. The number of esters is 1. The highest BCUT2D eigenvalue weighted by atomic mass is 32.2. The zero-order valence-electron chi connectivity index (χ0n) is 17.9. The molecular formula is C22H22FN3O6S. The van der Waals surface area contributed by atoms with E-state index >= 15 is 0 Å². The number of halogens is 1. The lowest BCUT2D eigenvalue weighted by Gasteiger charge is -2.31. The van der Waals surface area contributed by atoms with Crippen LogP contribution in [0.15, 0.2) is 41.4 Å². The number of fused-ring (bicyclic) bond motifs is 1. The van der Waals surface area contributed by atoms with Gasteiger partial charge in [0, 0.05) is 19.3 Å². The van der Waals surface area contributed by atoms with Gasteiger partial charge in [-0.3, -0.25) is 24.3 Å². The number of carbonyl (C=O) groups excluding carboxylic acids is 3. The van der Waals surface area contributed by atoms with Crippen LogP contribution < -0.4 is 0 Å². The van der Waals surface area contributed by atoms with Crippen LogP contribution in [0.25, 0.3) is 0 Å². The molecule has 0 saturated carbocycles. The van der Waals surface area contributed by atoms with Crippen LogP contribution in [0.2, 0.25) is 0 Å². The standard InChI is InChI=1S/C22H22FN3O6S/c1-2-32-22(29)15-5-4-10-25(12-15)33(30,31)18-11-16(23)8-7-14(18)13-26-20(27)17-6-3-9-24-19(17)21(26)28/h3,6-9,11,15H,2,4-5,10,12-13H2,1H3/t15-/m1/s1. The van der Waals surface area contributed by atoms with Gasteiger partial charge >= 0.3 is 5.97 Å². The Labute approximate surface area is 190 Å². The van der Waals surface area contributed by atoms with Crippen molar-refractivity contribution in [2.45, 2.75) is 31.2 Å². The van der Waals surface area contributed by atoms with Crippen molar-refractivity contribution in [1.82, 2.24) is 14.2 Å². The molecule has 1 atom stereocenters. The maximum absolute atomic E-state index is 14.1. The van der Waals surface area contributed by atoms with E-state index in [2.05, 4.69) is 4.98 Å². The van der Waals surface area contributed by atoms with Gasteiger partial charge in [0.05, 0.1) is 29.5 Å². The molecule has 1 saturated heterocycles. The zero-order valence-corrected chi connectivity index (χ0v) is 18.7. The third kappa shape index (κ3) is 4.25. The Morgan fingerprint density at radius 2 is 2.03 bits per heavy atom. The Morgan fingerprint density at radius 3 is 2.76 bits per heavy atom. The Balaban J connectivity index is 1.64. The molecular weight excluding hydrogens is 453 g/mol. The van der Waals surface area contributed by atoms with E-state index < -0.39 is 39.5 Å². The number of hydrogen-bond acceptors (Lipinski definition) is 7. The summed E-state index contributed by atoms with van der Waals surface area (Å²) in [6.07, 6.45) is 2.32. The van der Waals surface area contributed by atoms with Crippen LogP contribution in [0, 0.1) is 11.7 Å². The molecule has 1 aromatic heterocycles. The first-order valence-electron chi connectivity index (χ1n) is 10.5. The number of rotatable bonds is 6. The van der Waals surface area contributed by atoms with Gasteiger partial charge in [-0.2, -0.15) is 4.31 Å². The number of nitrogens with zero attached hydrogens (tertiary/aromatic N) is 3. The molecule has 0 spiro atoms. The van der Waals surface area contributed by atoms with Crippen molar-refractivity contribution in [2.24, 2.45) is 5.92 Å². The minimum atomic E-state index is -4.22. The second kappa shape index (κ2) is 8.99. The molecule has 2 aliphatic heterocycles. The van der Waals surface area contributed by atoms with E-state index in [1.165, 1.54) is 24.4 Å². The van der Waals surface area contributed by atoms with Crippen LogP contribution in [-0.2, 0) is 26.1 Å². The largest absolute Gasteiger partial charge is 0.466 e. The van der Waals surface area contributed by atoms with Gasteiger partial charge in [0.1, 0.15) is 11.5 Å². The second-order valence-electron chi connectivity index (χ2n) is 7.80. The molecule has 0 bridgehead atoms. The van der Waals surface area contributed by atoms with Crippen molar-refractivity contribution >= 4 is 27.8 Å². The van der Waals surface area contributed by atoms with Gasteiger partial charge in [-0.15, -0.1) is 0 Å². The molecule has 2 aliphatic rings. The van der Waals surface area contributed by atoms with E-state index in [9.17, 15) is 27.2 Å². The number of benzene rings is 1. The highest BCUT2D eigenvalue weighted by Gasteiger charge is 2.39. The van der Waals surface area contributed by atoms with Crippen LogP contribution in [0.4, 0.5) is 4.39 Å². The predicted molar refractivity (Wildman–Crippen MR) is 113 cm³/mol. The SMILES string of the molecule is CCOC(=O)[C@@H]1CCCN(S(=O)(=O)c2cc(F)ccc2CN2C(=O)c3cccnc3C2=O)C1. The average molecular weight is 475 g/mol. The van der Waals surface area contributed by atoms with Crippen molar-refractivity contribution in [2.75, 3.05) is 19.7 Å². The molecule has 0 N–H and O–H groups in total. The van der Waals surface area contributed by atoms with E-state index in [1.54, 1.807) is 6.92 Å². The molecule has 174 valence electrons. The fourth-order valence-electron chi connectivity index (χ4n) is 4.08. The third-order valence-electron chi connectivity index (χ3n) is 5.71. The number of imide groups is 1. The van der Waals surface area contributed by atoms with Gasteiger partial charge in [0.15, 0.2) is 0 Å². The van der Waals surface area contributed by atoms with Crippen molar-refractivity contribution in [3.8, 4) is 0 Å². The molecule has 2 amide bonds. The van der Waals surface area contributed by atoms with Gasteiger partial charge in [-0.05, 0) is 49.6 Å². The summed E-state index contributed by atoms with van der Waals surface area (Å²) < 4.78 is 47.2. The minimum absolute atomic E-state index is 0.0117. The minimum Gasteiger partial charge on any atom is -0.466 e. The Hall–Kier alpha value is -3.18. The Morgan fingerprint density at radius 1 is 1.24 bits per heavy atom. The van der Waals surface area contributed by atoms with Gasteiger partial charge in [-0.1, -0.05) is 6.07 Å². The topological polar surface area (TPSA) is 114 Å². The fraction of sp³-hybridized carbons (Fsp3) is 0.364. The average Bonchev–Trinajstić information content (AvgIpc) is 3.05. The molecule has 3 heterocycles. The molecule has 4 rings (SSSR count). The summed E-state index contributed by atoms with van der Waals surface area (Å²) in [7, 11) is -4.22. The van der Waals surface area contributed by atoms with Crippen molar-refractivity contribution < 1.29 is 31.9 Å². The molecule has 1 fully saturated rings. The number of piperidine rings is 1. The molecule has 0 unspecified atom stereocenters. The first kappa shape index (κ1) is 23.0. The van der Waals surface area contributed by atoms with E-state index in [1.807, 2.05) is 0 Å². The van der Waals surface area contributed by atoms with E-state index in [-0.39, 0.29) is 48.0 Å². The van der Waals surface area contributed by atoms with Gasteiger partial charge < -0.3 is 4.74 Å².